The van der Waals surface area contributed by atoms with E-state index in [1.165, 1.54) is 0 Å². The van der Waals surface area contributed by atoms with Crippen LogP contribution in [0.5, 0.6) is 0 Å². The maximum Gasteiger partial charge on any atom is 0.409 e. The lowest BCUT2D eigenvalue weighted by atomic mass is 10.0. The SMILES string of the molecule is CCOC(=O)N1CCC(NC(C)CCO)CC1. The second-order valence-electron chi connectivity index (χ2n) is 4.54. The van der Waals surface area contributed by atoms with Crippen molar-refractivity contribution in [2.24, 2.45) is 0 Å². The first-order valence-electron chi connectivity index (χ1n) is 6.46. The number of amides is 1. The van der Waals surface area contributed by atoms with Gasteiger partial charge in [-0.1, -0.05) is 0 Å². The lowest BCUT2D eigenvalue weighted by molar-refractivity contribution is 0.0940. The zero-order valence-corrected chi connectivity index (χ0v) is 10.8. The van der Waals surface area contributed by atoms with Crippen molar-refractivity contribution in [1.82, 2.24) is 10.2 Å². The molecule has 1 fully saturated rings. The Hall–Kier alpha value is -0.810. The summed E-state index contributed by atoms with van der Waals surface area (Å²) in [5.41, 5.74) is 0. The number of hydrogen-bond acceptors (Lipinski definition) is 4. The molecule has 5 heteroatoms. The minimum absolute atomic E-state index is 0.200. The molecule has 1 atom stereocenters. The summed E-state index contributed by atoms with van der Waals surface area (Å²) in [5.74, 6) is 0. The molecule has 0 bridgehead atoms. The van der Waals surface area contributed by atoms with Crippen LogP contribution in [-0.2, 0) is 4.74 Å². The van der Waals surface area contributed by atoms with Crippen molar-refractivity contribution in [2.45, 2.75) is 45.2 Å². The number of likely N-dealkylation sites (tertiary alicyclic amines) is 1. The number of piperidine rings is 1. The van der Waals surface area contributed by atoms with E-state index in [4.69, 9.17) is 9.84 Å². The second-order valence-corrected chi connectivity index (χ2v) is 4.54. The second kappa shape index (κ2) is 7.50. The average molecular weight is 244 g/mol. The molecule has 1 amide bonds. The van der Waals surface area contributed by atoms with Crippen molar-refractivity contribution in [3.63, 3.8) is 0 Å². The van der Waals surface area contributed by atoms with Gasteiger partial charge in [0.25, 0.3) is 0 Å². The van der Waals surface area contributed by atoms with Crippen molar-refractivity contribution >= 4 is 6.09 Å². The maximum atomic E-state index is 11.5. The molecule has 1 aliphatic rings. The van der Waals surface area contributed by atoms with Crippen molar-refractivity contribution in [1.29, 1.82) is 0 Å². The summed E-state index contributed by atoms with van der Waals surface area (Å²) in [6.07, 6.45) is 2.48. The summed E-state index contributed by atoms with van der Waals surface area (Å²) < 4.78 is 4.97. The smallest absolute Gasteiger partial charge is 0.409 e. The van der Waals surface area contributed by atoms with Crippen LogP contribution in [0.25, 0.3) is 0 Å². The number of ether oxygens (including phenoxy) is 1. The normalized spacial score (nSPS) is 19.1. The minimum atomic E-state index is -0.200. The molecule has 2 N–H and O–H groups in total. The molecule has 0 radical (unpaired) electrons. The molecule has 0 aromatic heterocycles. The van der Waals surface area contributed by atoms with Gasteiger partial charge in [-0.05, 0) is 33.1 Å². The van der Waals surface area contributed by atoms with Crippen LogP contribution in [0.1, 0.15) is 33.1 Å². The highest BCUT2D eigenvalue weighted by Gasteiger charge is 2.23. The number of nitrogens with one attached hydrogen (secondary N) is 1. The summed E-state index contributed by atoms with van der Waals surface area (Å²) in [6, 6.07) is 0.779. The fourth-order valence-corrected chi connectivity index (χ4v) is 2.12. The van der Waals surface area contributed by atoms with Crippen LogP contribution in [0.2, 0.25) is 0 Å². The fourth-order valence-electron chi connectivity index (χ4n) is 2.12. The van der Waals surface area contributed by atoms with Gasteiger partial charge in [-0.25, -0.2) is 4.79 Å². The Morgan fingerprint density at radius 2 is 2.18 bits per heavy atom. The molecular formula is C12H24N2O3. The van der Waals surface area contributed by atoms with E-state index in [-0.39, 0.29) is 12.7 Å². The number of hydrogen-bond donors (Lipinski definition) is 2. The molecule has 0 aromatic carbocycles. The lowest BCUT2D eigenvalue weighted by Gasteiger charge is -2.33. The first-order chi connectivity index (χ1) is 8.17. The van der Waals surface area contributed by atoms with Crippen LogP contribution >= 0.6 is 0 Å². The number of nitrogens with zero attached hydrogens (tertiary/aromatic N) is 1. The van der Waals surface area contributed by atoms with Crippen molar-refractivity contribution in [3.05, 3.63) is 0 Å². The van der Waals surface area contributed by atoms with Crippen LogP contribution < -0.4 is 5.32 Å². The van der Waals surface area contributed by atoms with Gasteiger partial charge < -0.3 is 20.1 Å². The van der Waals surface area contributed by atoms with E-state index in [1.54, 1.807) is 4.90 Å². The highest BCUT2D eigenvalue weighted by Crippen LogP contribution is 2.12. The Morgan fingerprint density at radius 3 is 2.71 bits per heavy atom. The standard InChI is InChI=1S/C12H24N2O3/c1-3-17-12(16)14-7-4-11(5-8-14)13-10(2)6-9-15/h10-11,13,15H,3-9H2,1-2H3. The van der Waals surface area contributed by atoms with Gasteiger partial charge in [0, 0.05) is 31.8 Å². The molecule has 17 heavy (non-hydrogen) atoms. The zero-order valence-electron chi connectivity index (χ0n) is 10.8. The van der Waals surface area contributed by atoms with Gasteiger partial charge in [0.05, 0.1) is 6.61 Å². The Labute approximate surface area is 103 Å². The van der Waals surface area contributed by atoms with Gasteiger partial charge in [-0.15, -0.1) is 0 Å². The predicted octanol–water partition coefficient (Wildman–Crippen LogP) is 0.968. The minimum Gasteiger partial charge on any atom is -0.450 e. The Balaban J connectivity index is 2.23. The molecule has 1 heterocycles. The molecule has 0 spiro atoms. The summed E-state index contributed by atoms with van der Waals surface area (Å²) in [7, 11) is 0. The summed E-state index contributed by atoms with van der Waals surface area (Å²) >= 11 is 0. The molecule has 1 aliphatic heterocycles. The third-order valence-electron chi connectivity index (χ3n) is 3.10. The van der Waals surface area contributed by atoms with Gasteiger partial charge in [-0.2, -0.15) is 0 Å². The molecule has 5 nitrogen and oxygen atoms in total. The van der Waals surface area contributed by atoms with Crippen molar-refractivity contribution in [3.8, 4) is 0 Å². The first kappa shape index (κ1) is 14.3. The average Bonchev–Trinajstić information content (AvgIpc) is 2.30. The molecule has 100 valence electrons. The van der Waals surface area contributed by atoms with Crippen molar-refractivity contribution in [2.75, 3.05) is 26.3 Å². The highest BCUT2D eigenvalue weighted by molar-refractivity contribution is 5.67. The molecule has 1 saturated heterocycles. The molecule has 0 saturated carbocycles. The zero-order chi connectivity index (χ0) is 12.7. The fraction of sp³-hybridized carbons (Fsp3) is 0.917. The van der Waals surface area contributed by atoms with Crippen molar-refractivity contribution < 1.29 is 14.6 Å². The number of carbonyl (C=O) groups is 1. The Bertz CT molecular complexity index is 228. The van der Waals surface area contributed by atoms with E-state index < -0.39 is 0 Å². The lowest BCUT2D eigenvalue weighted by Crippen LogP contribution is -2.47. The van der Waals surface area contributed by atoms with E-state index >= 15 is 0 Å². The predicted molar refractivity (Wildman–Crippen MR) is 65.9 cm³/mol. The topological polar surface area (TPSA) is 61.8 Å². The summed E-state index contributed by atoms with van der Waals surface area (Å²) in [5, 5.41) is 12.3. The van der Waals surface area contributed by atoms with E-state index in [1.807, 2.05) is 6.92 Å². The summed E-state index contributed by atoms with van der Waals surface area (Å²) in [6.45, 7) is 6.06. The van der Waals surface area contributed by atoms with Crippen LogP contribution in [-0.4, -0.2) is 54.5 Å². The molecular weight excluding hydrogens is 220 g/mol. The Kier molecular flexibility index (Phi) is 6.29. The van der Waals surface area contributed by atoms with Gasteiger partial charge in [0.2, 0.25) is 0 Å². The Morgan fingerprint density at radius 1 is 1.53 bits per heavy atom. The van der Waals surface area contributed by atoms with Crippen LogP contribution in [0.15, 0.2) is 0 Å². The molecule has 1 unspecified atom stereocenters. The quantitative estimate of drug-likeness (QED) is 0.756. The highest BCUT2D eigenvalue weighted by atomic mass is 16.6. The van der Waals surface area contributed by atoms with E-state index in [0.717, 1.165) is 32.4 Å². The third-order valence-corrected chi connectivity index (χ3v) is 3.10. The van der Waals surface area contributed by atoms with E-state index in [9.17, 15) is 4.79 Å². The van der Waals surface area contributed by atoms with E-state index in [0.29, 0.717) is 18.7 Å². The van der Waals surface area contributed by atoms with Gasteiger partial charge in [0.1, 0.15) is 0 Å². The molecule has 1 rings (SSSR count). The summed E-state index contributed by atoms with van der Waals surface area (Å²) in [4.78, 5) is 13.2. The molecule has 0 aliphatic carbocycles. The van der Waals surface area contributed by atoms with Gasteiger partial charge in [-0.3, -0.25) is 0 Å². The largest absolute Gasteiger partial charge is 0.450 e. The van der Waals surface area contributed by atoms with Crippen LogP contribution in [0.4, 0.5) is 4.79 Å². The number of aliphatic hydroxyl groups excluding tert-OH is 1. The maximum absolute atomic E-state index is 11.5. The van der Waals surface area contributed by atoms with Gasteiger partial charge in [0.15, 0.2) is 0 Å². The van der Waals surface area contributed by atoms with Crippen LogP contribution in [0.3, 0.4) is 0 Å². The first-order valence-corrected chi connectivity index (χ1v) is 6.46. The number of carbonyl (C=O) groups excluding carboxylic acids is 1. The van der Waals surface area contributed by atoms with Gasteiger partial charge >= 0.3 is 6.09 Å². The third kappa shape index (κ3) is 4.91. The number of aliphatic hydroxyl groups is 1. The van der Waals surface area contributed by atoms with E-state index in [2.05, 4.69) is 12.2 Å². The monoisotopic (exact) mass is 244 g/mol. The van der Waals surface area contributed by atoms with Crippen LogP contribution in [0, 0.1) is 0 Å². The molecule has 0 aromatic rings. The number of rotatable bonds is 5.